The third kappa shape index (κ3) is 0.842. The molecule has 46 valence electrons. The van der Waals surface area contributed by atoms with Gasteiger partial charge in [0.1, 0.15) is 0 Å². The highest BCUT2D eigenvalue weighted by Crippen LogP contribution is 1.97. The summed E-state index contributed by atoms with van der Waals surface area (Å²) in [6.45, 7) is 0.398. The van der Waals surface area contributed by atoms with Gasteiger partial charge in [-0.05, 0) is 0 Å². The number of hydrogen-bond acceptors (Lipinski definition) is 4. The van der Waals surface area contributed by atoms with Gasteiger partial charge in [0.05, 0.1) is 6.67 Å². The van der Waals surface area contributed by atoms with Crippen LogP contribution in [0.25, 0.3) is 0 Å². The van der Waals surface area contributed by atoms with Crippen LogP contribution in [0.3, 0.4) is 0 Å². The van der Waals surface area contributed by atoms with Gasteiger partial charge in [-0.3, -0.25) is 0 Å². The van der Waals surface area contributed by atoms with Gasteiger partial charge in [0.15, 0.2) is 23.3 Å². The van der Waals surface area contributed by atoms with E-state index in [1.807, 2.05) is 0 Å². The Morgan fingerprint density at radius 2 is 1.56 bits per heavy atom. The highest BCUT2D eigenvalue weighted by molar-refractivity contribution is 5.71. The number of nitrogens with one attached hydrogen (secondary N) is 2. The van der Waals surface area contributed by atoms with E-state index in [0.717, 1.165) is 0 Å². The van der Waals surface area contributed by atoms with Crippen LogP contribution in [0.1, 0.15) is 0 Å². The van der Waals surface area contributed by atoms with Gasteiger partial charge in [0, 0.05) is 0 Å². The molecule has 0 aliphatic carbocycles. The Morgan fingerprint density at radius 1 is 1.11 bits per heavy atom. The molecule has 0 aromatic rings. The number of carbonyl (C=O) groups excluding carboxylic acids is 2. The van der Waals surface area contributed by atoms with Crippen LogP contribution in [-0.2, 0) is 9.59 Å². The quantitative estimate of drug-likeness (QED) is 0.388. The molecule has 0 atom stereocenters. The second-order valence-corrected chi connectivity index (χ2v) is 1.48. The summed E-state index contributed by atoms with van der Waals surface area (Å²) in [6.07, 6.45) is 0. The second kappa shape index (κ2) is 2.18. The van der Waals surface area contributed by atoms with Gasteiger partial charge < -0.3 is 10.6 Å². The normalized spacial score (nSPS) is 15.6. The molecule has 0 radical (unpaired) electrons. The van der Waals surface area contributed by atoms with E-state index in [-0.39, 0.29) is 11.4 Å². The minimum atomic E-state index is 0.157. The molecule has 4 heteroatoms. The Kier molecular flexibility index (Phi) is 1.36. The summed E-state index contributed by atoms with van der Waals surface area (Å²) in [5, 5.41) is 5.18. The first-order chi connectivity index (χ1) is 4.38. The average molecular weight is 124 g/mol. The molecule has 9 heavy (non-hydrogen) atoms. The van der Waals surface area contributed by atoms with Crippen molar-refractivity contribution in [2.24, 2.45) is 0 Å². The zero-order valence-electron chi connectivity index (χ0n) is 4.52. The van der Waals surface area contributed by atoms with Crippen LogP contribution in [0.5, 0.6) is 0 Å². The fourth-order valence-corrected chi connectivity index (χ4v) is 0.572. The van der Waals surface area contributed by atoms with Crippen molar-refractivity contribution in [2.45, 2.75) is 0 Å². The zero-order valence-corrected chi connectivity index (χ0v) is 4.52. The standard InChI is InChI=1S/C5H4N2O2/c8-1-4-5(2-9)7-3-6-4/h6-7H,3H2. The summed E-state index contributed by atoms with van der Waals surface area (Å²) in [5.74, 6) is 3.12. The van der Waals surface area contributed by atoms with E-state index in [4.69, 9.17) is 0 Å². The molecule has 1 heterocycles. The summed E-state index contributed by atoms with van der Waals surface area (Å²) in [6, 6.07) is 0. The lowest BCUT2D eigenvalue weighted by Gasteiger charge is -1.82. The summed E-state index contributed by atoms with van der Waals surface area (Å²) < 4.78 is 0. The molecular weight excluding hydrogens is 120 g/mol. The van der Waals surface area contributed by atoms with Gasteiger partial charge in [-0.2, -0.15) is 0 Å². The Balaban J connectivity index is 3.01. The van der Waals surface area contributed by atoms with E-state index >= 15 is 0 Å². The largest absolute Gasteiger partial charge is 0.357 e. The zero-order chi connectivity index (χ0) is 6.69. The Hall–Kier alpha value is -1.50. The molecule has 1 aliphatic heterocycles. The first-order valence-corrected chi connectivity index (χ1v) is 2.37. The fourth-order valence-electron chi connectivity index (χ4n) is 0.572. The van der Waals surface area contributed by atoms with E-state index in [9.17, 15) is 9.59 Å². The first-order valence-electron chi connectivity index (χ1n) is 2.37. The van der Waals surface area contributed by atoms with Crippen molar-refractivity contribution in [3.05, 3.63) is 11.4 Å². The topological polar surface area (TPSA) is 58.2 Å². The highest BCUT2D eigenvalue weighted by atomic mass is 16.1. The van der Waals surface area contributed by atoms with Crippen molar-refractivity contribution in [2.75, 3.05) is 6.67 Å². The highest BCUT2D eigenvalue weighted by Gasteiger charge is 2.12. The van der Waals surface area contributed by atoms with Crippen LogP contribution in [0.15, 0.2) is 11.4 Å². The molecule has 0 saturated carbocycles. The van der Waals surface area contributed by atoms with Crippen molar-refractivity contribution in [1.82, 2.24) is 10.6 Å². The van der Waals surface area contributed by atoms with Crippen molar-refractivity contribution in [1.29, 1.82) is 0 Å². The van der Waals surface area contributed by atoms with Gasteiger partial charge in [0.2, 0.25) is 0 Å². The number of hydrogen-bond donors (Lipinski definition) is 2. The second-order valence-electron chi connectivity index (χ2n) is 1.48. The predicted molar refractivity (Wildman–Crippen MR) is 29.6 cm³/mol. The third-order valence-corrected chi connectivity index (χ3v) is 0.984. The molecular formula is C5H4N2O2. The Labute approximate surface area is 51.2 Å². The molecule has 0 aromatic heterocycles. The van der Waals surface area contributed by atoms with Crippen LogP contribution in [-0.4, -0.2) is 18.6 Å². The van der Waals surface area contributed by atoms with E-state index in [2.05, 4.69) is 10.6 Å². The minimum absolute atomic E-state index is 0.157. The number of rotatable bonds is 0. The van der Waals surface area contributed by atoms with Gasteiger partial charge in [0.25, 0.3) is 0 Å². The Morgan fingerprint density at radius 3 is 1.89 bits per heavy atom. The molecule has 0 spiro atoms. The van der Waals surface area contributed by atoms with Gasteiger partial charge in [-0.25, -0.2) is 9.59 Å². The molecule has 0 bridgehead atoms. The van der Waals surface area contributed by atoms with Crippen LogP contribution < -0.4 is 10.6 Å². The van der Waals surface area contributed by atoms with Crippen molar-refractivity contribution < 1.29 is 9.59 Å². The summed E-state index contributed by atoms with van der Waals surface area (Å²) in [5.41, 5.74) is 0.315. The lowest BCUT2D eigenvalue weighted by molar-refractivity contribution is 0.563. The molecule has 4 nitrogen and oxygen atoms in total. The van der Waals surface area contributed by atoms with Crippen LogP contribution >= 0.6 is 0 Å². The SMILES string of the molecule is O=C=C1NCNC1=C=O. The molecule has 1 rings (SSSR count). The molecule has 1 aliphatic rings. The lowest BCUT2D eigenvalue weighted by atomic mass is 10.4. The molecule has 2 N–H and O–H groups in total. The molecule has 1 fully saturated rings. The van der Waals surface area contributed by atoms with Gasteiger partial charge in [-0.15, -0.1) is 0 Å². The monoisotopic (exact) mass is 124 g/mol. The van der Waals surface area contributed by atoms with E-state index < -0.39 is 0 Å². The van der Waals surface area contributed by atoms with E-state index in [1.54, 1.807) is 11.9 Å². The minimum Gasteiger partial charge on any atom is -0.357 e. The first kappa shape index (κ1) is 5.63. The molecule has 0 amide bonds. The smallest absolute Gasteiger partial charge is 0.156 e. The third-order valence-electron chi connectivity index (χ3n) is 0.984. The van der Waals surface area contributed by atoms with Crippen molar-refractivity contribution in [3.63, 3.8) is 0 Å². The van der Waals surface area contributed by atoms with Crippen LogP contribution in [0.4, 0.5) is 0 Å². The lowest BCUT2D eigenvalue weighted by Crippen LogP contribution is -2.10. The maximum atomic E-state index is 9.91. The summed E-state index contributed by atoms with van der Waals surface area (Å²) >= 11 is 0. The average Bonchev–Trinajstić information content (AvgIpc) is 2.33. The van der Waals surface area contributed by atoms with Crippen molar-refractivity contribution >= 4 is 11.9 Å². The van der Waals surface area contributed by atoms with Gasteiger partial charge in [-0.1, -0.05) is 0 Å². The molecule has 0 aromatic carbocycles. The van der Waals surface area contributed by atoms with Gasteiger partial charge >= 0.3 is 0 Å². The maximum Gasteiger partial charge on any atom is 0.156 e. The fraction of sp³-hybridized carbons (Fsp3) is 0.200. The van der Waals surface area contributed by atoms with Crippen molar-refractivity contribution in [3.8, 4) is 0 Å². The predicted octanol–water partition coefficient (Wildman–Crippen LogP) is -1.43. The van der Waals surface area contributed by atoms with E-state index in [1.165, 1.54) is 0 Å². The molecule has 1 saturated heterocycles. The summed E-state index contributed by atoms with van der Waals surface area (Å²) in [4.78, 5) is 19.8. The van der Waals surface area contributed by atoms with E-state index in [0.29, 0.717) is 6.67 Å². The summed E-state index contributed by atoms with van der Waals surface area (Å²) in [7, 11) is 0. The maximum absolute atomic E-state index is 9.91. The Bertz CT molecular complexity index is 197. The van der Waals surface area contributed by atoms with Crippen LogP contribution in [0.2, 0.25) is 0 Å². The molecule has 0 unspecified atom stereocenters. The van der Waals surface area contributed by atoms with Crippen LogP contribution in [0, 0.1) is 0 Å².